The lowest BCUT2D eigenvalue weighted by molar-refractivity contribution is 0.0298. The van der Waals surface area contributed by atoms with E-state index in [1.807, 2.05) is 28.7 Å². The Morgan fingerprint density at radius 1 is 1.27 bits per heavy atom. The number of rotatable bonds is 4. The number of likely N-dealkylation sites (tertiary alicyclic amines) is 1. The van der Waals surface area contributed by atoms with Crippen molar-refractivity contribution in [2.75, 3.05) is 39.4 Å². The van der Waals surface area contributed by atoms with Gasteiger partial charge in [0.1, 0.15) is 5.69 Å². The predicted molar refractivity (Wildman–Crippen MR) is 100 cm³/mol. The van der Waals surface area contributed by atoms with Crippen molar-refractivity contribution in [2.24, 2.45) is 0 Å². The largest absolute Gasteiger partial charge is 0.378 e. The molecule has 4 rings (SSSR count). The molecule has 0 aromatic carbocycles. The summed E-state index contributed by atoms with van der Waals surface area (Å²) in [5.41, 5.74) is 3.49. The quantitative estimate of drug-likeness (QED) is 0.825. The van der Waals surface area contributed by atoms with Crippen LogP contribution in [0.1, 0.15) is 39.8 Å². The van der Waals surface area contributed by atoms with Gasteiger partial charge in [0.25, 0.3) is 5.91 Å². The van der Waals surface area contributed by atoms with Crippen LogP contribution in [-0.4, -0.2) is 65.1 Å². The zero-order chi connectivity index (χ0) is 17.8. The molecule has 26 heavy (non-hydrogen) atoms. The number of ether oxygens (including phenoxy) is 1. The van der Waals surface area contributed by atoms with Gasteiger partial charge in [-0.3, -0.25) is 14.7 Å². The molecule has 0 aliphatic carbocycles. The summed E-state index contributed by atoms with van der Waals surface area (Å²) in [5.74, 6) is 0.404. The van der Waals surface area contributed by atoms with E-state index in [0.717, 1.165) is 38.2 Å². The molecule has 2 fully saturated rings. The third-order valence-electron chi connectivity index (χ3n) is 5.07. The molecule has 2 aliphatic rings. The van der Waals surface area contributed by atoms with Gasteiger partial charge in [-0.25, -0.2) is 4.98 Å². The molecule has 6 nitrogen and oxygen atoms in total. The standard InChI is InChI=1S/C19H24N4O2S/c24-19(23-7-9-25-10-8-23)18-5-1-4-17(21-18)15-3-2-6-22(12-15)13-16-11-20-14-26-16/h1,4-5,11,14-15H,2-3,6-10,12-13H2/t15-/m1/s1. The summed E-state index contributed by atoms with van der Waals surface area (Å²) in [5, 5.41) is 0. The zero-order valence-corrected chi connectivity index (χ0v) is 15.7. The first-order valence-electron chi connectivity index (χ1n) is 9.23. The molecular weight excluding hydrogens is 348 g/mol. The van der Waals surface area contributed by atoms with Gasteiger partial charge in [-0.05, 0) is 31.5 Å². The highest BCUT2D eigenvalue weighted by Crippen LogP contribution is 2.27. The summed E-state index contributed by atoms with van der Waals surface area (Å²) in [7, 11) is 0. The number of carbonyl (C=O) groups excluding carboxylic acids is 1. The summed E-state index contributed by atoms with van der Waals surface area (Å²) >= 11 is 1.71. The second-order valence-electron chi connectivity index (χ2n) is 6.89. The Labute approximate surface area is 157 Å². The number of hydrogen-bond donors (Lipinski definition) is 0. The zero-order valence-electron chi connectivity index (χ0n) is 14.8. The van der Waals surface area contributed by atoms with Crippen LogP contribution < -0.4 is 0 Å². The SMILES string of the molecule is O=C(c1cccc([C@@H]2CCCN(Cc3cncs3)C2)n1)N1CCOCC1. The summed E-state index contributed by atoms with van der Waals surface area (Å²) in [6, 6.07) is 5.87. The van der Waals surface area contributed by atoms with Crippen molar-refractivity contribution in [1.82, 2.24) is 19.8 Å². The van der Waals surface area contributed by atoms with Gasteiger partial charge in [-0.15, -0.1) is 11.3 Å². The van der Waals surface area contributed by atoms with E-state index in [-0.39, 0.29) is 5.91 Å². The average molecular weight is 372 g/mol. The van der Waals surface area contributed by atoms with Crippen LogP contribution in [0.25, 0.3) is 0 Å². The van der Waals surface area contributed by atoms with Gasteiger partial charge in [0, 0.05) is 48.9 Å². The van der Waals surface area contributed by atoms with E-state index >= 15 is 0 Å². The fourth-order valence-corrected chi connectivity index (χ4v) is 4.34. The topological polar surface area (TPSA) is 58.6 Å². The lowest BCUT2D eigenvalue weighted by Gasteiger charge is -2.32. The van der Waals surface area contributed by atoms with Crippen LogP contribution in [0, 0.1) is 0 Å². The molecule has 0 bridgehead atoms. The van der Waals surface area contributed by atoms with Crippen molar-refractivity contribution in [2.45, 2.75) is 25.3 Å². The van der Waals surface area contributed by atoms with Crippen molar-refractivity contribution in [3.63, 3.8) is 0 Å². The number of carbonyl (C=O) groups is 1. The van der Waals surface area contributed by atoms with Gasteiger partial charge in [0.2, 0.25) is 0 Å². The van der Waals surface area contributed by atoms with Crippen LogP contribution in [-0.2, 0) is 11.3 Å². The lowest BCUT2D eigenvalue weighted by atomic mass is 9.94. The minimum atomic E-state index is 0.0208. The summed E-state index contributed by atoms with van der Waals surface area (Å²) in [4.78, 5) is 27.2. The number of amides is 1. The fraction of sp³-hybridized carbons (Fsp3) is 0.526. The summed E-state index contributed by atoms with van der Waals surface area (Å²) < 4.78 is 5.34. The number of thiazole rings is 1. The normalized spacial score (nSPS) is 21.7. The first-order chi connectivity index (χ1) is 12.8. The first kappa shape index (κ1) is 17.6. The van der Waals surface area contributed by atoms with Crippen molar-refractivity contribution < 1.29 is 9.53 Å². The lowest BCUT2D eigenvalue weighted by Crippen LogP contribution is -2.41. The molecule has 2 aromatic heterocycles. The van der Waals surface area contributed by atoms with Crippen LogP contribution in [0.4, 0.5) is 0 Å². The molecular formula is C19H24N4O2S. The van der Waals surface area contributed by atoms with E-state index in [1.165, 1.54) is 4.88 Å². The molecule has 0 N–H and O–H groups in total. The Morgan fingerprint density at radius 2 is 2.15 bits per heavy atom. The smallest absolute Gasteiger partial charge is 0.272 e. The molecule has 2 aliphatic heterocycles. The molecule has 0 saturated carbocycles. The maximum absolute atomic E-state index is 12.7. The predicted octanol–water partition coefficient (Wildman–Crippen LogP) is 2.39. The van der Waals surface area contributed by atoms with Crippen LogP contribution in [0.5, 0.6) is 0 Å². The number of morpholine rings is 1. The van der Waals surface area contributed by atoms with E-state index in [4.69, 9.17) is 9.72 Å². The Bertz CT molecular complexity index is 731. The van der Waals surface area contributed by atoms with Gasteiger partial charge in [-0.2, -0.15) is 0 Å². The van der Waals surface area contributed by atoms with Crippen molar-refractivity contribution >= 4 is 17.2 Å². The van der Waals surface area contributed by atoms with Gasteiger partial charge in [-0.1, -0.05) is 6.07 Å². The highest BCUT2D eigenvalue weighted by Gasteiger charge is 2.25. The second kappa shape index (κ2) is 8.24. The number of aromatic nitrogens is 2. The minimum Gasteiger partial charge on any atom is -0.378 e. The van der Waals surface area contributed by atoms with Crippen LogP contribution in [0.2, 0.25) is 0 Å². The van der Waals surface area contributed by atoms with Crippen LogP contribution >= 0.6 is 11.3 Å². The monoisotopic (exact) mass is 372 g/mol. The Balaban J connectivity index is 1.44. The van der Waals surface area contributed by atoms with Gasteiger partial charge < -0.3 is 9.64 Å². The molecule has 138 valence electrons. The maximum atomic E-state index is 12.7. The van der Waals surface area contributed by atoms with Crippen molar-refractivity contribution in [3.8, 4) is 0 Å². The molecule has 0 radical (unpaired) electrons. The van der Waals surface area contributed by atoms with Gasteiger partial charge in [0.05, 0.1) is 18.7 Å². The maximum Gasteiger partial charge on any atom is 0.272 e. The number of nitrogens with zero attached hydrogens (tertiary/aromatic N) is 4. The summed E-state index contributed by atoms with van der Waals surface area (Å²) in [6.07, 6.45) is 4.24. The number of piperidine rings is 1. The molecule has 4 heterocycles. The molecule has 2 aromatic rings. The molecule has 1 atom stereocenters. The Hall–Kier alpha value is -1.83. The van der Waals surface area contributed by atoms with Crippen molar-refractivity contribution in [3.05, 3.63) is 46.2 Å². The van der Waals surface area contributed by atoms with E-state index in [1.54, 1.807) is 11.3 Å². The van der Waals surface area contributed by atoms with Crippen LogP contribution in [0.3, 0.4) is 0 Å². The molecule has 0 spiro atoms. The Morgan fingerprint density at radius 3 is 2.96 bits per heavy atom. The first-order valence-corrected chi connectivity index (χ1v) is 10.1. The molecule has 1 amide bonds. The number of hydrogen-bond acceptors (Lipinski definition) is 6. The van der Waals surface area contributed by atoms with E-state index in [9.17, 15) is 4.79 Å². The summed E-state index contributed by atoms with van der Waals surface area (Å²) in [6.45, 7) is 5.57. The average Bonchev–Trinajstić information content (AvgIpc) is 3.21. The van der Waals surface area contributed by atoms with Gasteiger partial charge in [0.15, 0.2) is 0 Å². The minimum absolute atomic E-state index is 0.0208. The van der Waals surface area contributed by atoms with E-state index in [2.05, 4.69) is 16.0 Å². The van der Waals surface area contributed by atoms with Crippen LogP contribution in [0.15, 0.2) is 29.9 Å². The third kappa shape index (κ3) is 4.11. The molecule has 2 saturated heterocycles. The second-order valence-corrected chi connectivity index (χ2v) is 7.87. The highest BCUT2D eigenvalue weighted by molar-refractivity contribution is 7.09. The van der Waals surface area contributed by atoms with E-state index in [0.29, 0.717) is 37.9 Å². The van der Waals surface area contributed by atoms with Gasteiger partial charge >= 0.3 is 0 Å². The Kier molecular flexibility index (Phi) is 5.57. The molecule has 7 heteroatoms. The third-order valence-corrected chi connectivity index (χ3v) is 5.84. The molecule has 0 unspecified atom stereocenters. The fourth-order valence-electron chi connectivity index (χ4n) is 3.71. The number of pyridine rings is 1. The van der Waals surface area contributed by atoms with Crippen molar-refractivity contribution in [1.29, 1.82) is 0 Å². The van der Waals surface area contributed by atoms with E-state index < -0.39 is 0 Å². The highest BCUT2D eigenvalue weighted by atomic mass is 32.1.